The molecule has 0 bridgehead atoms. The molecule has 1 unspecified atom stereocenters. The Morgan fingerprint density at radius 3 is 2.62 bits per heavy atom. The highest BCUT2D eigenvalue weighted by molar-refractivity contribution is 6.42. The molecule has 2 N–H and O–H groups in total. The summed E-state index contributed by atoms with van der Waals surface area (Å²) in [7, 11) is 0. The Morgan fingerprint density at radius 1 is 1.33 bits per heavy atom. The van der Waals surface area contributed by atoms with Crippen LogP contribution < -0.4 is 5.32 Å². The maximum Gasteiger partial charge on any atom is 0.305 e. The first-order valence-corrected chi connectivity index (χ1v) is 7.36. The van der Waals surface area contributed by atoms with Crippen molar-refractivity contribution in [2.75, 3.05) is 0 Å². The molecule has 0 aliphatic heterocycles. The summed E-state index contributed by atoms with van der Waals surface area (Å²) in [6.45, 7) is 0. The van der Waals surface area contributed by atoms with Crippen molar-refractivity contribution in [2.24, 2.45) is 5.92 Å². The zero-order chi connectivity index (χ0) is 15.4. The molecule has 0 spiro atoms. The van der Waals surface area contributed by atoms with Crippen molar-refractivity contribution in [3.8, 4) is 0 Å². The van der Waals surface area contributed by atoms with Crippen molar-refractivity contribution in [2.45, 2.75) is 25.3 Å². The van der Waals surface area contributed by atoms with E-state index in [2.05, 4.69) is 5.32 Å². The van der Waals surface area contributed by atoms with Gasteiger partial charge in [-0.25, -0.2) is 0 Å². The van der Waals surface area contributed by atoms with Crippen LogP contribution >= 0.6 is 23.2 Å². The van der Waals surface area contributed by atoms with Gasteiger partial charge < -0.3 is 10.4 Å². The smallest absolute Gasteiger partial charge is 0.305 e. The molecule has 1 aromatic rings. The van der Waals surface area contributed by atoms with Crippen LogP contribution in [0.15, 0.2) is 24.3 Å². The first kappa shape index (κ1) is 15.9. The molecule has 1 fully saturated rings. The van der Waals surface area contributed by atoms with Gasteiger partial charge in [-0.3, -0.25) is 9.59 Å². The SMILES string of the molecule is O=C(O)CC(NC(=O)/C=C/c1ccc(Cl)c(Cl)c1)C1CC1. The molecule has 0 radical (unpaired) electrons. The third-order valence-electron chi connectivity index (χ3n) is 3.28. The van der Waals surface area contributed by atoms with Crippen LogP contribution in [-0.4, -0.2) is 23.0 Å². The largest absolute Gasteiger partial charge is 0.481 e. The number of hydrogen-bond donors (Lipinski definition) is 2. The fraction of sp³-hybridized carbons (Fsp3) is 0.333. The van der Waals surface area contributed by atoms with Crippen molar-refractivity contribution in [1.82, 2.24) is 5.32 Å². The highest BCUT2D eigenvalue weighted by Gasteiger charge is 2.33. The van der Waals surface area contributed by atoms with Gasteiger partial charge in [0.05, 0.1) is 16.5 Å². The Kier molecular flexibility index (Phi) is 5.26. The van der Waals surface area contributed by atoms with Crippen LogP contribution in [0.3, 0.4) is 0 Å². The third kappa shape index (κ3) is 5.06. The molecule has 4 nitrogen and oxygen atoms in total. The van der Waals surface area contributed by atoms with Crippen LogP contribution in [0.1, 0.15) is 24.8 Å². The lowest BCUT2D eigenvalue weighted by Gasteiger charge is -2.14. The van der Waals surface area contributed by atoms with Crippen molar-refractivity contribution >= 4 is 41.2 Å². The summed E-state index contributed by atoms with van der Waals surface area (Å²) in [6, 6.07) is 4.75. The molecule has 1 saturated carbocycles. The second-order valence-electron chi connectivity index (χ2n) is 5.06. The molecule has 0 aromatic heterocycles. The van der Waals surface area contributed by atoms with Crippen LogP contribution in [0, 0.1) is 5.92 Å². The molecular weight excluding hydrogens is 313 g/mol. The Balaban J connectivity index is 1.94. The zero-order valence-electron chi connectivity index (χ0n) is 11.2. The maximum absolute atomic E-state index is 11.8. The molecule has 0 saturated heterocycles. The van der Waals surface area contributed by atoms with Crippen molar-refractivity contribution in [1.29, 1.82) is 0 Å². The monoisotopic (exact) mass is 327 g/mol. The van der Waals surface area contributed by atoms with Gasteiger partial charge in [0.15, 0.2) is 0 Å². The number of nitrogens with one attached hydrogen (secondary N) is 1. The average Bonchev–Trinajstić information content (AvgIpc) is 3.23. The quantitative estimate of drug-likeness (QED) is 0.787. The van der Waals surface area contributed by atoms with Crippen molar-refractivity contribution in [3.05, 3.63) is 39.9 Å². The number of halogens is 2. The molecule has 21 heavy (non-hydrogen) atoms. The number of carboxylic acid groups (broad SMARTS) is 1. The fourth-order valence-electron chi connectivity index (χ4n) is 2.04. The number of carbonyl (C=O) groups excluding carboxylic acids is 1. The number of rotatable bonds is 6. The minimum Gasteiger partial charge on any atom is -0.481 e. The van der Waals surface area contributed by atoms with E-state index in [4.69, 9.17) is 28.3 Å². The lowest BCUT2D eigenvalue weighted by atomic mass is 10.1. The van der Waals surface area contributed by atoms with Crippen molar-refractivity contribution in [3.63, 3.8) is 0 Å². The van der Waals surface area contributed by atoms with Gasteiger partial charge in [-0.15, -0.1) is 0 Å². The van der Waals surface area contributed by atoms with Gasteiger partial charge in [0.1, 0.15) is 0 Å². The van der Waals surface area contributed by atoms with Crippen molar-refractivity contribution < 1.29 is 14.7 Å². The van der Waals surface area contributed by atoms with E-state index in [0.29, 0.717) is 10.0 Å². The Labute approximate surface area is 132 Å². The van der Waals surface area contributed by atoms with Gasteiger partial charge in [0, 0.05) is 12.1 Å². The summed E-state index contributed by atoms with van der Waals surface area (Å²) in [5, 5.41) is 12.5. The number of benzene rings is 1. The van der Waals surface area contributed by atoms with Gasteiger partial charge in [-0.1, -0.05) is 29.3 Å². The summed E-state index contributed by atoms with van der Waals surface area (Å²) in [4.78, 5) is 22.6. The molecule has 0 heterocycles. The Bertz CT molecular complexity index is 582. The second kappa shape index (κ2) is 6.96. The number of hydrogen-bond acceptors (Lipinski definition) is 2. The molecule has 6 heteroatoms. The van der Waals surface area contributed by atoms with Gasteiger partial charge >= 0.3 is 5.97 Å². The Morgan fingerprint density at radius 2 is 2.05 bits per heavy atom. The summed E-state index contributed by atoms with van der Waals surface area (Å²) in [5.74, 6) is -0.927. The van der Waals surface area contributed by atoms with Crippen LogP contribution in [-0.2, 0) is 9.59 Å². The predicted molar refractivity (Wildman–Crippen MR) is 82.4 cm³/mol. The van der Waals surface area contributed by atoms with E-state index in [1.54, 1.807) is 24.3 Å². The van der Waals surface area contributed by atoms with E-state index < -0.39 is 5.97 Å². The van der Waals surface area contributed by atoms with E-state index in [0.717, 1.165) is 18.4 Å². The summed E-state index contributed by atoms with van der Waals surface area (Å²) < 4.78 is 0. The number of carboxylic acids is 1. The molecule has 1 aliphatic rings. The standard InChI is InChI=1S/C15H15Cl2NO3/c16-11-5-1-9(7-12(11)17)2-6-14(19)18-13(8-15(20)21)10-3-4-10/h1-2,5-7,10,13H,3-4,8H2,(H,18,19)(H,20,21)/b6-2+. The van der Waals surface area contributed by atoms with Crippen LogP contribution in [0.2, 0.25) is 10.0 Å². The second-order valence-corrected chi connectivity index (χ2v) is 5.87. The van der Waals surface area contributed by atoms with Gasteiger partial charge in [-0.2, -0.15) is 0 Å². The summed E-state index contributed by atoms with van der Waals surface area (Å²) in [6.07, 6.45) is 4.87. The maximum atomic E-state index is 11.8. The minimum atomic E-state index is -0.902. The van der Waals surface area contributed by atoms with Gasteiger partial charge in [-0.05, 0) is 42.5 Å². The number of aliphatic carboxylic acids is 1. The predicted octanol–water partition coefficient (Wildman–Crippen LogP) is 3.38. The normalized spacial score (nSPS) is 15.9. The number of amides is 1. The van der Waals surface area contributed by atoms with Gasteiger partial charge in [0.25, 0.3) is 0 Å². The van der Waals surface area contributed by atoms with E-state index in [-0.39, 0.29) is 24.3 Å². The first-order chi connectivity index (χ1) is 9.95. The van der Waals surface area contributed by atoms with Crippen LogP contribution in [0.5, 0.6) is 0 Å². The molecule has 1 amide bonds. The topological polar surface area (TPSA) is 66.4 Å². The molecule has 1 aromatic carbocycles. The molecule has 1 aliphatic carbocycles. The lowest BCUT2D eigenvalue weighted by molar-refractivity contribution is -0.137. The Hall–Kier alpha value is -1.52. The van der Waals surface area contributed by atoms with E-state index in [9.17, 15) is 9.59 Å². The highest BCUT2D eigenvalue weighted by Crippen LogP contribution is 2.34. The average molecular weight is 328 g/mol. The van der Waals surface area contributed by atoms with Gasteiger partial charge in [0.2, 0.25) is 5.91 Å². The number of carbonyl (C=O) groups is 2. The van der Waals surface area contributed by atoms with E-state index in [1.165, 1.54) is 6.08 Å². The zero-order valence-corrected chi connectivity index (χ0v) is 12.7. The molecule has 1 atom stereocenters. The third-order valence-corrected chi connectivity index (χ3v) is 4.02. The minimum absolute atomic E-state index is 0.0446. The lowest BCUT2D eigenvalue weighted by Crippen LogP contribution is -2.37. The fourth-order valence-corrected chi connectivity index (χ4v) is 2.35. The van der Waals surface area contributed by atoms with Crippen LogP contribution in [0.25, 0.3) is 6.08 Å². The van der Waals surface area contributed by atoms with Crippen LogP contribution in [0.4, 0.5) is 0 Å². The molecular formula is C15H15Cl2NO3. The highest BCUT2D eigenvalue weighted by atomic mass is 35.5. The molecule has 112 valence electrons. The van der Waals surface area contributed by atoms with E-state index in [1.807, 2.05) is 0 Å². The molecule has 2 rings (SSSR count). The first-order valence-electron chi connectivity index (χ1n) is 6.61. The summed E-state index contributed by atoms with van der Waals surface area (Å²) >= 11 is 11.7. The van der Waals surface area contributed by atoms with E-state index >= 15 is 0 Å². The summed E-state index contributed by atoms with van der Waals surface area (Å²) in [5.41, 5.74) is 0.751.